The van der Waals surface area contributed by atoms with Crippen LogP contribution in [0.5, 0.6) is 5.75 Å². The molecular weight excluding hydrogens is 294 g/mol. The summed E-state index contributed by atoms with van der Waals surface area (Å²) in [5.74, 6) is -0.322. The minimum atomic E-state index is -3.59. The Bertz CT molecular complexity index is 595. The van der Waals surface area contributed by atoms with E-state index in [1.807, 2.05) is 0 Å². The maximum Gasteiger partial charge on any atom is 0.341 e. The molecule has 1 aromatic carbocycles. The van der Waals surface area contributed by atoms with Crippen LogP contribution in [0.1, 0.15) is 31.1 Å². The monoisotopic (exact) mass is 315 g/mol. The number of carbonyl (C=O) groups excluding carboxylic acids is 1. The van der Waals surface area contributed by atoms with Crippen molar-refractivity contribution in [2.75, 3.05) is 19.0 Å². The van der Waals surface area contributed by atoms with Crippen LogP contribution in [0.3, 0.4) is 0 Å². The second kappa shape index (κ2) is 6.91. The quantitative estimate of drug-likeness (QED) is 0.770. The minimum Gasteiger partial charge on any atom is -0.492 e. The highest BCUT2D eigenvalue weighted by atomic mass is 32.2. The van der Waals surface area contributed by atoms with Crippen LogP contribution in [-0.2, 0) is 14.8 Å². The summed E-state index contributed by atoms with van der Waals surface area (Å²) < 4.78 is 32.9. The van der Waals surface area contributed by atoms with E-state index in [0.717, 1.165) is 0 Å². The van der Waals surface area contributed by atoms with Gasteiger partial charge in [-0.15, -0.1) is 0 Å². The summed E-state index contributed by atoms with van der Waals surface area (Å²) in [5, 5.41) is 5.05. The van der Waals surface area contributed by atoms with E-state index in [4.69, 9.17) is 14.6 Å². The maximum atomic E-state index is 11.8. The van der Waals surface area contributed by atoms with Crippen molar-refractivity contribution in [1.29, 1.82) is 0 Å². The molecule has 0 saturated heterocycles. The van der Waals surface area contributed by atoms with Crippen molar-refractivity contribution >= 4 is 16.0 Å². The molecule has 0 aliphatic carbocycles. The molecule has 0 aliphatic heterocycles. The number of hydrogen-bond donors (Lipinski definition) is 1. The van der Waals surface area contributed by atoms with Crippen molar-refractivity contribution < 1.29 is 22.7 Å². The van der Waals surface area contributed by atoms with E-state index in [9.17, 15) is 13.2 Å². The van der Waals surface area contributed by atoms with Crippen molar-refractivity contribution in [1.82, 2.24) is 0 Å². The van der Waals surface area contributed by atoms with Gasteiger partial charge in [-0.3, -0.25) is 0 Å². The fourth-order valence-corrected chi connectivity index (χ4v) is 3.00. The van der Waals surface area contributed by atoms with E-state index in [1.54, 1.807) is 45.0 Å². The lowest BCUT2D eigenvalue weighted by Gasteiger charge is -2.24. The van der Waals surface area contributed by atoms with Crippen molar-refractivity contribution in [3.63, 3.8) is 0 Å². The van der Waals surface area contributed by atoms with Gasteiger partial charge in [0.15, 0.2) is 0 Å². The zero-order chi connectivity index (χ0) is 16.1. The number of para-hydroxylation sites is 1. The number of esters is 1. The molecule has 0 radical (unpaired) electrons. The highest BCUT2D eigenvalue weighted by Gasteiger charge is 2.26. The first-order valence-corrected chi connectivity index (χ1v) is 8.25. The van der Waals surface area contributed by atoms with E-state index < -0.39 is 21.4 Å². The standard InChI is InChI=1S/C14H21NO5S/c1-4-19-13(16)11-7-5-6-8-12(11)20-9-14(2,3)10-21(15,17)18/h5-8H,4,9-10H2,1-3H3,(H2,15,17,18). The van der Waals surface area contributed by atoms with Gasteiger partial charge in [0, 0.05) is 5.41 Å². The third-order valence-corrected chi connectivity index (χ3v) is 3.78. The lowest BCUT2D eigenvalue weighted by Crippen LogP contribution is -2.33. The predicted octanol–water partition coefficient (Wildman–Crippen LogP) is 1.56. The number of sulfonamides is 1. The van der Waals surface area contributed by atoms with Gasteiger partial charge >= 0.3 is 5.97 Å². The first kappa shape index (κ1) is 17.5. The summed E-state index contributed by atoms with van der Waals surface area (Å²) in [5.41, 5.74) is -0.360. The number of hydrogen-bond acceptors (Lipinski definition) is 5. The number of rotatable bonds is 7. The molecule has 2 N–H and O–H groups in total. The van der Waals surface area contributed by atoms with Crippen molar-refractivity contribution in [3.05, 3.63) is 29.8 Å². The van der Waals surface area contributed by atoms with Crippen molar-refractivity contribution in [3.8, 4) is 5.75 Å². The molecule has 6 nitrogen and oxygen atoms in total. The van der Waals surface area contributed by atoms with Gasteiger partial charge in [-0.1, -0.05) is 26.0 Å². The summed E-state index contributed by atoms with van der Waals surface area (Å²) >= 11 is 0. The first-order valence-electron chi connectivity index (χ1n) is 6.54. The Hall–Kier alpha value is -1.60. The van der Waals surface area contributed by atoms with Crippen LogP contribution < -0.4 is 9.88 Å². The zero-order valence-corrected chi connectivity index (χ0v) is 13.3. The molecule has 0 unspecified atom stereocenters. The fourth-order valence-electron chi connectivity index (χ4n) is 1.83. The largest absolute Gasteiger partial charge is 0.492 e. The molecule has 118 valence electrons. The average Bonchev–Trinajstić information content (AvgIpc) is 2.34. The van der Waals surface area contributed by atoms with Crippen LogP contribution in [0.15, 0.2) is 24.3 Å². The predicted molar refractivity (Wildman–Crippen MR) is 79.6 cm³/mol. The summed E-state index contributed by atoms with van der Waals surface area (Å²) in [6.07, 6.45) is 0. The van der Waals surface area contributed by atoms with Gasteiger partial charge in [-0.2, -0.15) is 0 Å². The number of carbonyl (C=O) groups is 1. The van der Waals surface area contributed by atoms with Crippen LogP contribution >= 0.6 is 0 Å². The topological polar surface area (TPSA) is 95.7 Å². The minimum absolute atomic E-state index is 0.111. The van der Waals surface area contributed by atoms with E-state index in [0.29, 0.717) is 11.3 Å². The number of nitrogens with two attached hydrogens (primary N) is 1. The molecular formula is C14H21NO5S. The lowest BCUT2D eigenvalue weighted by molar-refractivity contribution is 0.0519. The van der Waals surface area contributed by atoms with Gasteiger partial charge in [-0.05, 0) is 19.1 Å². The number of benzene rings is 1. The smallest absolute Gasteiger partial charge is 0.341 e. The second-order valence-electron chi connectivity index (χ2n) is 5.48. The molecule has 1 rings (SSSR count). The number of ether oxygens (including phenoxy) is 2. The Morgan fingerprint density at radius 3 is 2.48 bits per heavy atom. The molecule has 0 aromatic heterocycles. The Morgan fingerprint density at radius 1 is 1.29 bits per heavy atom. The van der Waals surface area contributed by atoms with Crippen LogP contribution in [-0.4, -0.2) is 33.4 Å². The molecule has 0 amide bonds. The van der Waals surface area contributed by atoms with E-state index in [-0.39, 0.29) is 19.0 Å². The Balaban J connectivity index is 2.82. The summed E-state index contributed by atoms with van der Waals surface area (Å²) in [6, 6.07) is 6.67. The molecule has 0 spiro atoms. The zero-order valence-electron chi connectivity index (χ0n) is 12.5. The molecule has 7 heteroatoms. The summed E-state index contributed by atoms with van der Waals surface area (Å²) in [4.78, 5) is 11.8. The third-order valence-electron chi connectivity index (χ3n) is 2.59. The number of primary sulfonamides is 1. The Kier molecular flexibility index (Phi) is 5.74. The van der Waals surface area contributed by atoms with E-state index in [2.05, 4.69) is 0 Å². The summed E-state index contributed by atoms with van der Waals surface area (Å²) in [7, 11) is -3.59. The van der Waals surface area contributed by atoms with Crippen LogP contribution in [0.4, 0.5) is 0 Å². The normalized spacial score (nSPS) is 12.0. The fraction of sp³-hybridized carbons (Fsp3) is 0.500. The molecule has 0 saturated carbocycles. The molecule has 0 heterocycles. The Labute approximate surface area is 125 Å². The van der Waals surface area contributed by atoms with Crippen molar-refractivity contribution in [2.24, 2.45) is 10.6 Å². The summed E-state index contributed by atoms with van der Waals surface area (Å²) in [6.45, 7) is 5.55. The maximum absolute atomic E-state index is 11.8. The van der Waals surface area contributed by atoms with Gasteiger partial charge in [-0.25, -0.2) is 18.4 Å². The van der Waals surface area contributed by atoms with Gasteiger partial charge < -0.3 is 9.47 Å². The highest BCUT2D eigenvalue weighted by Crippen LogP contribution is 2.23. The molecule has 21 heavy (non-hydrogen) atoms. The molecule has 0 atom stereocenters. The highest BCUT2D eigenvalue weighted by molar-refractivity contribution is 7.89. The average molecular weight is 315 g/mol. The molecule has 1 aromatic rings. The van der Waals surface area contributed by atoms with E-state index in [1.165, 1.54) is 0 Å². The molecule has 0 bridgehead atoms. The Morgan fingerprint density at radius 2 is 1.90 bits per heavy atom. The SMILES string of the molecule is CCOC(=O)c1ccccc1OCC(C)(C)CS(N)(=O)=O. The molecule has 0 aliphatic rings. The van der Waals surface area contributed by atoms with Gasteiger partial charge in [0.2, 0.25) is 10.0 Å². The van der Waals surface area contributed by atoms with Gasteiger partial charge in [0.1, 0.15) is 11.3 Å². The first-order chi connectivity index (χ1) is 9.64. The van der Waals surface area contributed by atoms with Gasteiger partial charge in [0.05, 0.1) is 19.0 Å². The third kappa shape index (κ3) is 6.14. The van der Waals surface area contributed by atoms with Crippen LogP contribution in [0.2, 0.25) is 0 Å². The van der Waals surface area contributed by atoms with Crippen LogP contribution in [0.25, 0.3) is 0 Å². The van der Waals surface area contributed by atoms with E-state index >= 15 is 0 Å². The van der Waals surface area contributed by atoms with Gasteiger partial charge in [0.25, 0.3) is 0 Å². The van der Waals surface area contributed by atoms with Crippen LogP contribution in [0, 0.1) is 5.41 Å². The van der Waals surface area contributed by atoms with Crippen molar-refractivity contribution in [2.45, 2.75) is 20.8 Å². The second-order valence-corrected chi connectivity index (χ2v) is 7.09. The molecule has 0 fully saturated rings. The lowest BCUT2D eigenvalue weighted by atomic mass is 9.98.